The highest BCUT2D eigenvalue weighted by atomic mass is 19.1. The second kappa shape index (κ2) is 5.13. The SMILES string of the molecule is C=C(n1cc(F)c(=O)n(C(=C)C(C)(C)C)c1=O)C(C)(C)C. The summed E-state index contributed by atoms with van der Waals surface area (Å²) in [5, 5.41) is 0. The van der Waals surface area contributed by atoms with Crippen molar-refractivity contribution in [3.05, 3.63) is 46.0 Å². The van der Waals surface area contributed by atoms with Gasteiger partial charge >= 0.3 is 5.69 Å². The summed E-state index contributed by atoms with van der Waals surface area (Å²) >= 11 is 0. The largest absolute Gasteiger partial charge is 0.339 e. The lowest BCUT2D eigenvalue weighted by Crippen LogP contribution is -2.43. The molecule has 0 N–H and O–H groups in total. The average Bonchev–Trinajstić information content (AvgIpc) is 2.30. The van der Waals surface area contributed by atoms with Crippen molar-refractivity contribution in [1.29, 1.82) is 0 Å². The summed E-state index contributed by atoms with van der Waals surface area (Å²) < 4.78 is 15.8. The third-order valence-electron chi connectivity index (χ3n) is 3.34. The summed E-state index contributed by atoms with van der Waals surface area (Å²) in [7, 11) is 0. The van der Waals surface area contributed by atoms with Crippen LogP contribution in [0.15, 0.2) is 28.9 Å². The van der Waals surface area contributed by atoms with E-state index in [1.54, 1.807) is 20.8 Å². The molecule has 116 valence electrons. The Morgan fingerprint density at radius 1 is 1.00 bits per heavy atom. The summed E-state index contributed by atoms with van der Waals surface area (Å²) in [5.41, 5.74) is -1.98. The molecule has 21 heavy (non-hydrogen) atoms. The fourth-order valence-corrected chi connectivity index (χ4v) is 1.65. The van der Waals surface area contributed by atoms with E-state index in [1.165, 1.54) is 0 Å². The van der Waals surface area contributed by atoms with Crippen LogP contribution in [0.25, 0.3) is 11.4 Å². The predicted octanol–water partition coefficient (Wildman–Crippen LogP) is 3.18. The predicted molar refractivity (Wildman–Crippen MR) is 84.5 cm³/mol. The van der Waals surface area contributed by atoms with Crippen molar-refractivity contribution in [3.63, 3.8) is 0 Å². The van der Waals surface area contributed by atoms with Crippen LogP contribution in [-0.2, 0) is 0 Å². The standard InChI is InChI=1S/C16H23FN2O2/c1-10(15(3,4)5)18-9-12(17)13(20)19(14(18)21)11(2)16(6,7)8/h9H,1-2H2,3-8H3. The van der Waals surface area contributed by atoms with Crippen molar-refractivity contribution in [3.8, 4) is 0 Å². The highest BCUT2D eigenvalue weighted by molar-refractivity contribution is 5.50. The molecule has 0 aliphatic heterocycles. The van der Waals surface area contributed by atoms with Gasteiger partial charge in [-0.3, -0.25) is 9.36 Å². The zero-order valence-corrected chi connectivity index (χ0v) is 13.6. The van der Waals surface area contributed by atoms with Crippen LogP contribution in [0.3, 0.4) is 0 Å². The second-order valence-corrected chi connectivity index (χ2v) is 7.16. The van der Waals surface area contributed by atoms with Gasteiger partial charge in [-0.05, 0) is 0 Å². The van der Waals surface area contributed by atoms with E-state index in [2.05, 4.69) is 13.2 Å². The zero-order chi connectivity index (χ0) is 16.7. The molecule has 4 nitrogen and oxygen atoms in total. The molecule has 0 saturated carbocycles. The number of hydrogen-bond acceptors (Lipinski definition) is 2. The summed E-state index contributed by atoms with van der Waals surface area (Å²) in [6.07, 6.45) is 0.894. The first-order chi connectivity index (χ1) is 9.28. The molecular weight excluding hydrogens is 271 g/mol. The van der Waals surface area contributed by atoms with Gasteiger partial charge in [-0.2, -0.15) is 4.39 Å². The number of halogens is 1. The van der Waals surface area contributed by atoms with Gasteiger partial charge in [0.2, 0.25) is 5.82 Å². The highest BCUT2D eigenvalue weighted by Gasteiger charge is 2.25. The minimum Gasteiger partial charge on any atom is -0.270 e. The first-order valence-corrected chi connectivity index (χ1v) is 6.72. The quantitative estimate of drug-likeness (QED) is 0.841. The molecule has 0 aliphatic carbocycles. The lowest BCUT2D eigenvalue weighted by molar-refractivity contribution is 0.495. The van der Waals surface area contributed by atoms with Crippen LogP contribution in [0.5, 0.6) is 0 Å². The van der Waals surface area contributed by atoms with Crippen LogP contribution in [0.4, 0.5) is 4.39 Å². The van der Waals surface area contributed by atoms with Crippen LogP contribution in [0, 0.1) is 16.6 Å². The van der Waals surface area contributed by atoms with Crippen LogP contribution >= 0.6 is 0 Å². The Hall–Kier alpha value is -1.91. The van der Waals surface area contributed by atoms with Gasteiger partial charge < -0.3 is 0 Å². The van der Waals surface area contributed by atoms with E-state index >= 15 is 0 Å². The first kappa shape index (κ1) is 17.1. The first-order valence-electron chi connectivity index (χ1n) is 6.72. The van der Waals surface area contributed by atoms with Gasteiger partial charge in [0, 0.05) is 22.2 Å². The lowest BCUT2D eigenvalue weighted by atomic mass is 9.92. The van der Waals surface area contributed by atoms with E-state index in [9.17, 15) is 14.0 Å². The number of nitrogens with zero attached hydrogens (tertiary/aromatic N) is 2. The lowest BCUT2D eigenvalue weighted by Gasteiger charge is -2.26. The molecule has 0 aromatic carbocycles. The molecule has 0 spiro atoms. The van der Waals surface area contributed by atoms with Gasteiger partial charge in [-0.1, -0.05) is 54.7 Å². The van der Waals surface area contributed by atoms with Crippen molar-refractivity contribution in [2.24, 2.45) is 10.8 Å². The molecule has 0 atom stereocenters. The van der Waals surface area contributed by atoms with Gasteiger partial charge in [0.1, 0.15) is 0 Å². The van der Waals surface area contributed by atoms with Crippen molar-refractivity contribution >= 4 is 11.4 Å². The monoisotopic (exact) mass is 294 g/mol. The summed E-state index contributed by atoms with van der Waals surface area (Å²) in [4.78, 5) is 24.5. The Bertz CT molecular complexity index is 710. The van der Waals surface area contributed by atoms with E-state index in [1.807, 2.05) is 20.8 Å². The van der Waals surface area contributed by atoms with E-state index in [0.29, 0.717) is 5.70 Å². The molecular formula is C16H23FN2O2. The minimum absolute atomic E-state index is 0.243. The third kappa shape index (κ3) is 3.23. The minimum atomic E-state index is -1.01. The number of aromatic nitrogens is 2. The molecule has 1 aromatic heterocycles. The Kier molecular flexibility index (Phi) is 4.19. The Balaban J connectivity index is 3.75. The number of rotatable bonds is 2. The molecule has 1 aromatic rings. The van der Waals surface area contributed by atoms with Crippen molar-refractivity contribution < 1.29 is 4.39 Å². The van der Waals surface area contributed by atoms with Gasteiger partial charge in [-0.15, -0.1) is 0 Å². The van der Waals surface area contributed by atoms with Crippen LogP contribution in [-0.4, -0.2) is 9.13 Å². The molecule has 0 radical (unpaired) electrons. The zero-order valence-electron chi connectivity index (χ0n) is 13.6. The molecule has 5 heteroatoms. The maximum Gasteiger partial charge on any atom is 0.339 e. The van der Waals surface area contributed by atoms with E-state index in [0.717, 1.165) is 15.3 Å². The normalized spacial score (nSPS) is 12.3. The van der Waals surface area contributed by atoms with Gasteiger partial charge in [0.25, 0.3) is 5.56 Å². The van der Waals surface area contributed by atoms with Gasteiger partial charge in [-0.25, -0.2) is 9.36 Å². The average molecular weight is 294 g/mol. The third-order valence-corrected chi connectivity index (χ3v) is 3.34. The Morgan fingerprint density at radius 3 is 1.81 bits per heavy atom. The van der Waals surface area contributed by atoms with E-state index < -0.39 is 27.9 Å². The van der Waals surface area contributed by atoms with Crippen LogP contribution in [0.2, 0.25) is 0 Å². The number of allylic oxidation sites excluding steroid dienone is 2. The van der Waals surface area contributed by atoms with Gasteiger partial charge in [0.15, 0.2) is 0 Å². The van der Waals surface area contributed by atoms with Crippen molar-refractivity contribution in [1.82, 2.24) is 9.13 Å². The summed E-state index contributed by atoms with van der Waals surface area (Å²) in [6, 6.07) is 0. The molecule has 0 unspecified atom stereocenters. The number of hydrogen-bond donors (Lipinski definition) is 0. The van der Waals surface area contributed by atoms with E-state index in [4.69, 9.17) is 0 Å². The Labute approximate surface area is 124 Å². The summed E-state index contributed by atoms with van der Waals surface area (Å²) in [5.74, 6) is -1.01. The molecule has 0 amide bonds. The summed E-state index contributed by atoms with van der Waals surface area (Å²) in [6.45, 7) is 18.6. The topological polar surface area (TPSA) is 44.0 Å². The molecule has 0 aliphatic rings. The molecule has 0 saturated heterocycles. The molecule has 1 rings (SSSR count). The maximum absolute atomic E-state index is 13.9. The fraction of sp³-hybridized carbons (Fsp3) is 0.500. The van der Waals surface area contributed by atoms with Crippen LogP contribution in [0.1, 0.15) is 41.5 Å². The van der Waals surface area contributed by atoms with Crippen molar-refractivity contribution in [2.45, 2.75) is 41.5 Å². The molecule has 1 heterocycles. The highest BCUT2D eigenvalue weighted by Crippen LogP contribution is 2.28. The smallest absolute Gasteiger partial charge is 0.270 e. The molecule has 0 fully saturated rings. The van der Waals surface area contributed by atoms with Gasteiger partial charge in [0.05, 0.1) is 6.20 Å². The Morgan fingerprint density at radius 2 is 1.43 bits per heavy atom. The van der Waals surface area contributed by atoms with E-state index in [-0.39, 0.29) is 5.70 Å². The van der Waals surface area contributed by atoms with Crippen molar-refractivity contribution in [2.75, 3.05) is 0 Å². The fourth-order valence-electron chi connectivity index (χ4n) is 1.65. The maximum atomic E-state index is 13.9. The molecule has 0 bridgehead atoms. The second-order valence-electron chi connectivity index (χ2n) is 7.16. The van der Waals surface area contributed by atoms with Crippen LogP contribution < -0.4 is 11.2 Å².